The quantitative estimate of drug-likeness (QED) is 0.542. The number of carbonyl (C=O) groups excluding carboxylic acids is 1. The van der Waals surface area contributed by atoms with Gasteiger partial charge in [-0.25, -0.2) is 9.78 Å². The summed E-state index contributed by atoms with van der Waals surface area (Å²) < 4.78 is 11.1. The molecule has 0 saturated carbocycles. The Morgan fingerprint density at radius 2 is 1.90 bits per heavy atom. The number of aromatic amines is 1. The summed E-state index contributed by atoms with van der Waals surface area (Å²) in [7, 11) is 0. The van der Waals surface area contributed by atoms with Crippen molar-refractivity contribution in [3.8, 4) is 17.3 Å². The summed E-state index contributed by atoms with van der Waals surface area (Å²) in [6, 6.07) is 6.47. The molecule has 0 unspecified atom stereocenters. The van der Waals surface area contributed by atoms with Gasteiger partial charge in [-0.2, -0.15) is 15.3 Å². The van der Waals surface area contributed by atoms with Crippen LogP contribution in [0, 0.1) is 23.7 Å². The lowest BCUT2D eigenvalue weighted by atomic mass is 9.79. The van der Waals surface area contributed by atoms with Crippen molar-refractivity contribution in [2.45, 2.75) is 39.7 Å². The number of aromatic nitrogens is 4. The number of aryl methyl sites for hydroxylation is 1. The van der Waals surface area contributed by atoms with Crippen LogP contribution in [-0.4, -0.2) is 89.2 Å². The van der Waals surface area contributed by atoms with Gasteiger partial charge >= 0.3 is 6.09 Å². The van der Waals surface area contributed by atoms with Gasteiger partial charge in [0.2, 0.25) is 5.95 Å². The van der Waals surface area contributed by atoms with E-state index in [-0.39, 0.29) is 11.5 Å². The van der Waals surface area contributed by atoms with Gasteiger partial charge in [-0.05, 0) is 45.7 Å². The maximum Gasteiger partial charge on any atom is 0.410 e. The summed E-state index contributed by atoms with van der Waals surface area (Å²) in [6.45, 7) is 13.0. The molecule has 39 heavy (non-hydrogen) atoms. The lowest BCUT2D eigenvalue weighted by Crippen LogP contribution is -2.60. The average molecular weight is 531 g/mol. The molecule has 1 N–H and O–H groups in total. The number of nitrogens with one attached hydrogen (secondary N) is 1. The van der Waals surface area contributed by atoms with Crippen molar-refractivity contribution in [2.75, 3.05) is 62.3 Å². The first-order valence-corrected chi connectivity index (χ1v) is 13.5. The van der Waals surface area contributed by atoms with Crippen LogP contribution in [-0.2, 0) is 9.47 Å². The van der Waals surface area contributed by atoms with Gasteiger partial charge < -0.3 is 24.2 Å². The fraction of sp³-hybridized carbons (Fsp3) is 0.536. The third kappa shape index (κ3) is 4.63. The highest BCUT2D eigenvalue weighted by atomic mass is 16.6. The van der Waals surface area contributed by atoms with Gasteiger partial charge in [0, 0.05) is 55.6 Å². The van der Waals surface area contributed by atoms with Crippen LogP contribution in [0.15, 0.2) is 18.3 Å². The molecule has 1 amide bonds. The zero-order valence-electron chi connectivity index (χ0n) is 23.0. The van der Waals surface area contributed by atoms with Gasteiger partial charge in [-0.15, -0.1) is 0 Å². The Morgan fingerprint density at radius 3 is 2.62 bits per heavy atom. The molecule has 0 bridgehead atoms. The van der Waals surface area contributed by atoms with E-state index in [1.807, 2.05) is 39.8 Å². The molecular weight excluding hydrogens is 496 g/mol. The number of rotatable bonds is 3. The molecule has 1 aromatic carbocycles. The van der Waals surface area contributed by atoms with Crippen molar-refractivity contribution in [3.63, 3.8) is 0 Å². The van der Waals surface area contributed by atoms with E-state index < -0.39 is 5.60 Å². The summed E-state index contributed by atoms with van der Waals surface area (Å²) in [6.07, 6.45) is 2.44. The zero-order valence-corrected chi connectivity index (χ0v) is 23.0. The number of carbonyl (C=O) groups is 1. The number of hydrogen-bond donors (Lipinski definition) is 1. The average Bonchev–Trinajstić information content (AvgIpc) is 3.54. The lowest BCUT2D eigenvalue weighted by molar-refractivity contribution is -0.0266. The van der Waals surface area contributed by atoms with Gasteiger partial charge in [0.15, 0.2) is 5.82 Å². The number of morpholine rings is 1. The Kier molecular flexibility index (Phi) is 6.10. The van der Waals surface area contributed by atoms with Crippen LogP contribution in [0.3, 0.4) is 0 Å². The highest BCUT2D eigenvalue weighted by Crippen LogP contribution is 2.44. The number of benzene rings is 1. The molecule has 3 aliphatic heterocycles. The summed E-state index contributed by atoms with van der Waals surface area (Å²) in [5, 5.41) is 18.7. The predicted molar refractivity (Wildman–Crippen MR) is 147 cm³/mol. The Bertz CT molecular complexity index is 1460. The van der Waals surface area contributed by atoms with Gasteiger partial charge in [0.1, 0.15) is 17.2 Å². The molecule has 2 aromatic heterocycles. The van der Waals surface area contributed by atoms with Gasteiger partial charge in [0.25, 0.3) is 0 Å². The van der Waals surface area contributed by atoms with Crippen molar-refractivity contribution >= 4 is 28.8 Å². The monoisotopic (exact) mass is 530 g/mol. The third-order valence-electron chi connectivity index (χ3n) is 7.80. The van der Waals surface area contributed by atoms with Crippen molar-refractivity contribution in [1.29, 1.82) is 5.26 Å². The van der Waals surface area contributed by atoms with E-state index in [9.17, 15) is 10.1 Å². The molecule has 3 aromatic rings. The number of likely N-dealkylation sites (tertiary alicyclic amines) is 1. The molecule has 204 valence electrons. The molecular formula is C28H34N8O3. The molecule has 3 saturated heterocycles. The molecule has 0 atom stereocenters. The minimum absolute atomic E-state index is 0.0334. The van der Waals surface area contributed by atoms with Gasteiger partial charge in [-0.1, -0.05) is 6.07 Å². The first-order chi connectivity index (χ1) is 18.7. The van der Waals surface area contributed by atoms with Gasteiger partial charge in [-0.3, -0.25) is 5.10 Å². The van der Waals surface area contributed by atoms with Crippen LogP contribution in [0.1, 0.15) is 38.3 Å². The maximum atomic E-state index is 12.6. The SMILES string of the molecule is Cc1ccc2[nH]ncc2c1-c1nc(N2CCOCC2)nc(N2CCC3(CN(C(=O)OC(C)(C)C)C3)C2)c1C#N. The van der Waals surface area contributed by atoms with Crippen LogP contribution in [0.5, 0.6) is 0 Å². The summed E-state index contributed by atoms with van der Waals surface area (Å²) in [5.74, 6) is 1.25. The Balaban J connectivity index is 1.37. The minimum atomic E-state index is -0.521. The van der Waals surface area contributed by atoms with E-state index in [1.54, 1.807) is 11.1 Å². The fourth-order valence-electron chi connectivity index (χ4n) is 5.89. The molecule has 5 heterocycles. The highest BCUT2D eigenvalue weighted by molar-refractivity contribution is 5.97. The molecule has 1 spiro atoms. The fourth-order valence-corrected chi connectivity index (χ4v) is 5.89. The summed E-state index contributed by atoms with van der Waals surface area (Å²) in [5.41, 5.74) is 3.33. The lowest BCUT2D eigenvalue weighted by Gasteiger charge is -2.47. The second-order valence-electron chi connectivity index (χ2n) is 11.9. The smallest absolute Gasteiger partial charge is 0.410 e. The number of H-pyrrole nitrogens is 1. The van der Waals surface area contributed by atoms with Crippen molar-refractivity contribution in [3.05, 3.63) is 29.5 Å². The first-order valence-electron chi connectivity index (χ1n) is 13.5. The Hall–Kier alpha value is -3.91. The van der Waals surface area contributed by atoms with Gasteiger partial charge in [0.05, 0.1) is 30.6 Å². The van der Waals surface area contributed by atoms with Crippen molar-refractivity contribution in [1.82, 2.24) is 25.1 Å². The third-order valence-corrected chi connectivity index (χ3v) is 7.80. The number of nitriles is 1. The van der Waals surface area contributed by atoms with E-state index in [0.717, 1.165) is 41.5 Å². The van der Waals surface area contributed by atoms with E-state index >= 15 is 0 Å². The van der Waals surface area contributed by atoms with Crippen LogP contribution in [0.2, 0.25) is 0 Å². The maximum absolute atomic E-state index is 12.6. The Labute approximate surface area is 227 Å². The normalized spacial score (nSPS) is 18.9. The molecule has 11 nitrogen and oxygen atoms in total. The summed E-state index contributed by atoms with van der Waals surface area (Å²) >= 11 is 0. The van der Waals surface area contributed by atoms with Crippen molar-refractivity contribution < 1.29 is 14.3 Å². The van der Waals surface area contributed by atoms with Crippen molar-refractivity contribution in [2.24, 2.45) is 5.41 Å². The van der Waals surface area contributed by atoms with Crippen LogP contribution >= 0.6 is 0 Å². The second kappa shape index (κ2) is 9.38. The van der Waals surface area contributed by atoms with Crippen LogP contribution in [0.25, 0.3) is 22.2 Å². The number of anilines is 2. The predicted octanol–water partition coefficient (Wildman–Crippen LogP) is 3.48. The number of hydrogen-bond acceptors (Lipinski definition) is 9. The van der Waals surface area contributed by atoms with Crippen LogP contribution < -0.4 is 9.80 Å². The number of nitrogens with zero attached hydrogens (tertiary/aromatic N) is 7. The zero-order chi connectivity index (χ0) is 27.4. The topological polar surface area (TPSA) is 124 Å². The molecule has 11 heteroatoms. The van der Waals surface area contributed by atoms with E-state index in [1.165, 1.54) is 0 Å². The molecule has 0 aliphatic carbocycles. The highest BCUT2D eigenvalue weighted by Gasteiger charge is 2.51. The minimum Gasteiger partial charge on any atom is -0.444 e. The second-order valence-corrected chi connectivity index (χ2v) is 11.9. The van der Waals surface area contributed by atoms with Crippen LogP contribution in [0.4, 0.5) is 16.6 Å². The van der Waals surface area contributed by atoms with E-state index in [0.29, 0.717) is 62.4 Å². The largest absolute Gasteiger partial charge is 0.444 e. The number of amides is 1. The molecule has 6 rings (SSSR count). The van der Waals surface area contributed by atoms with E-state index in [2.05, 4.69) is 26.1 Å². The first kappa shape index (κ1) is 25.4. The summed E-state index contributed by atoms with van der Waals surface area (Å²) in [4.78, 5) is 28.7. The Morgan fingerprint density at radius 1 is 1.13 bits per heavy atom. The van der Waals surface area contributed by atoms with E-state index in [4.69, 9.17) is 19.4 Å². The number of ether oxygens (including phenoxy) is 2. The number of fused-ring (bicyclic) bond motifs is 1. The molecule has 3 aliphatic rings. The molecule has 0 radical (unpaired) electrons. The standard InChI is InChI=1S/C28H34N8O3/c1-18-5-6-21-20(14-30-33-21)22(18)23-19(13-29)24(32-25(31-23)34-9-11-38-12-10-34)35-8-7-28(15-35)16-36(17-28)26(37)39-27(2,3)4/h5-6,14H,7-12,15-17H2,1-4H3,(H,30,33). The molecule has 3 fully saturated rings.